The number of nitrogens with zero attached hydrogens (tertiary/aromatic N) is 2. The third-order valence-electron chi connectivity index (χ3n) is 3.82. The molecule has 0 atom stereocenters. The van der Waals surface area contributed by atoms with Crippen molar-refractivity contribution >= 4 is 5.57 Å². The second-order valence-corrected chi connectivity index (χ2v) is 5.84. The first-order valence-electron chi connectivity index (χ1n) is 7.38. The molecule has 0 fully saturated rings. The summed E-state index contributed by atoms with van der Waals surface area (Å²) in [5.41, 5.74) is 10.5. The molecule has 0 amide bonds. The Kier molecular flexibility index (Phi) is 5.01. The van der Waals surface area contributed by atoms with Crippen LogP contribution in [-0.4, -0.2) is 45.2 Å². The maximum absolute atomic E-state index is 6.04. The molecule has 124 valence electrons. The Labute approximate surface area is 138 Å². The van der Waals surface area contributed by atoms with Crippen molar-refractivity contribution in [1.82, 2.24) is 9.80 Å². The van der Waals surface area contributed by atoms with Gasteiger partial charge in [-0.2, -0.15) is 0 Å². The van der Waals surface area contributed by atoms with Crippen LogP contribution in [0.15, 0.2) is 42.4 Å². The number of hydrogen-bond donors (Lipinski definition) is 1. The summed E-state index contributed by atoms with van der Waals surface area (Å²) in [7, 11) is 9.30. The Morgan fingerprint density at radius 1 is 1.17 bits per heavy atom. The van der Waals surface area contributed by atoms with Gasteiger partial charge in [0.1, 0.15) is 11.5 Å². The van der Waals surface area contributed by atoms with Gasteiger partial charge < -0.3 is 25.0 Å². The van der Waals surface area contributed by atoms with E-state index in [4.69, 9.17) is 15.2 Å². The highest BCUT2D eigenvalue weighted by molar-refractivity contribution is 5.79. The lowest BCUT2D eigenvalue weighted by Crippen LogP contribution is -2.19. The molecule has 2 N–H and O–H groups in total. The Morgan fingerprint density at radius 3 is 2.17 bits per heavy atom. The minimum absolute atomic E-state index is 0.653. The molecule has 1 aromatic rings. The highest BCUT2D eigenvalue weighted by atomic mass is 16.5. The van der Waals surface area contributed by atoms with Gasteiger partial charge in [0.2, 0.25) is 0 Å². The van der Waals surface area contributed by atoms with Crippen molar-refractivity contribution in [2.45, 2.75) is 6.54 Å². The van der Waals surface area contributed by atoms with E-state index < -0.39 is 0 Å². The Balaban J connectivity index is 2.53. The molecule has 1 heterocycles. The third-order valence-corrected chi connectivity index (χ3v) is 3.82. The average Bonchev–Trinajstić information content (AvgIpc) is 2.51. The van der Waals surface area contributed by atoms with Crippen molar-refractivity contribution < 1.29 is 9.47 Å². The predicted molar refractivity (Wildman–Crippen MR) is 94.1 cm³/mol. The molecule has 5 nitrogen and oxygen atoms in total. The van der Waals surface area contributed by atoms with Crippen LogP contribution in [-0.2, 0) is 6.54 Å². The summed E-state index contributed by atoms with van der Waals surface area (Å²) >= 11 is 0. The molecule has 1 aliphatic rings. The zero-order valence-corrected chi connectivity index (χ0v) is 14.5. The van der Waals surface area contributed by atoms with Crippen molar-refractivity contribution in [3.05, 3.63) is 53.5 Å². The van der Waals surface area contributed by atoms with Crippen LogP contribution in [0.25, 0.3) is 5.57 Å². The fourth-order valence-electron chi connectivity index (χ4n) is 2.56. The lowest BCUT2D eigenvalue weighted by molar-refractivity contribution is 0.348. The molecular weight excluding hydrogens is 290 g/mol. The normalized spacial score (nSPS) is 14.7. The van der Waals surface area contributed by atoms with Crippen LogP contribution in [0, 0.1) is 0 Å². The second-order valence-electron chi connectivity index (χ2n) is 5.84. The third kappa shape index (κ3) is 3.51. The van der Waals surface area contributed by atoms with Crippen molar-refractivity contribution in [2.75, 3.05) is 35.4 Å². The highest BCUT2D eigenvalue weighted by Crippen LogP contribution is 2.36. The first kappa shape index (κ1) is 17.0. The lowest BCUT2D eigenvalue weighted by atomic mass is 9.99. The highest BCUT2D eigenvalue weighted by Gasteiger charge is 2.17. The number of likely N-dealkylation sites (N-methyl/N-ethyl adjacent to an activating group) is 1. The summed E-state index contributed by atoms with van der Waals surface area (Å²) in [6.07, 6.45) is 3.92. The van der Waals surface area contributed by atoms with E-state index in [9.17, 15) is 0 Å². The Hall–Kier alpha value is -2.40. The van der Waals surface area contributed by atoms with Gasteiger partial charge in [-0.15, -0.1) is 0 Å². The van der Waals surface area contributed by atoms with Crippen LogP contribution in [0.1, 0.15) is 11.1 Å². The minimum atomic E-state index is 0.653. The Bertz CT molecular complexity index is 650. The van der Waals surface area contributed by atoms with Gasteiger partial charge in [0.05, 0.1) is 31.2 Å². The predicted octanol–water partition coefficient (Wildman–Crippen LogP) is 2.41. The fraction of sp³-hybridized carbons (Fsp3) is 0.333. The molecule has 0 saturated heterocycles. The molecule has 0 unspecified atom stereocenters. The molecule has 1 aliphatic heterocycles. The smallest absolute Gasteiger partial charge is 0.127 e. The van der Waals surface area contributed by atoms with E-state index in [0.717, 1.165) is 40.4 Å². The van der Waals surface area contributed by atoms with Crippen LogP contribution in [0.2, 0.25) is 0 Å². The molecule has 5 heteroatoms. The van der Waals surface area contributed by atoms with Gasteiger partial charge in [0, 0.05) is 25.4 Å². The number of allylic oxidation sites excluding steroid dienone is 2. The minimum Gasteiger partial charge on any atom is -0.496 e. The molecule has 1 aromatic carbocycles. The summed E-state index contributed by atoms with van der Waals surface area (Å²) in [6, 6.07) is 4.03. The van der Waals surface area contributed by atoms with Crippen LogP contribution in [0.5, 0.6) is 11.5 Å². The first-order chi connectivity index (χ1) is 10.9. The van der Waals surface area contributed by atoms with E-state index in [1.54, 1.807) is 14.2 Å². The topological polar surface area (TPSA) is 51.0 Å². The van der Waals surface area contributed by atoms with Crippen LogP contribution in [0.4, 0.5) is 0 Å². The van der Waals surface area contributed by atoms with E-state index >= 15 is 0 Å². The molecule has 0 aliphatic carbocycles. The number of ether oxygens (including phenoxy) is 2. The van der Waals surface area contributed by atoms with Gasteiger partial charge in [-0.1, -0.05) is 6.58 Å². The largest absolute Gasteiger partial charge is 0.496 e. The molecular formula is C18H25N3O2. The van der Waals surface area contributed by atoms with Crippen molar-refractivity contribution in [1.29, 1.82) is 0 Å². The van der Waals surface area contributed by atoms with Crippen LogP contribution in [0.3, 0.4) is 0 Å². The molecule has 2 rings (SSSR count). The number of hydrogen-bond acceptors (Lipinski definition) is 5. The van der Waals surface area contributed by atoms with Gasteiger partial charge >= 0.3 is 0 Å². The first-order valence-corrected chi connectivity index (χ1v) is 7.38. The van der Waals surface area contributed by atoms with Crippen LogP contribution >= 0.6 is 0 Å². The van der Waals surface area contributed by atoms with E-state index in [-0.39, 0.29) is 0 Å². The summed E-state index contributed by atoms with van der Waals surface area (Å²) in [4.78, 5) is 3.99. The standard InChI is InChI=1S/C18H25N3O2/c1-12-16(19)7-14(10-21(12)4)13-8-17(22-5)15(11-20(2)3)18(9-13)23-6/h7-10H,1,11,19H2,2-6H3. The fourth-order valence-corrected chi connectivity index (χ4v) is 2.56. The number of nitrogens with two attached hydrogens (primary N) is 1. The van der Waals surface area contributed by atoms with Gasteiger partial charge in [-0.05, 0) is 37.9 Å². The summed E-state index contributed by atoms with van der Waals surface area (Å²) in [5.74, 6) is 1.60. The second kappa shape index (κ2) is 6.79. The maximum Gasteiger partial charge on any atom is 0.127 e. The van der Waals surface area contributed by atoms with Crippen molar-refractivity contribution in [3.8, 4) is 11.5 Å². The molecule has 0 saturated carbocycles. The average molecular weight is 315 g/mol. The van der Waals surface area contributed by atoms with Gasteiger partial charge in [-0.3, -0.25) is 0 Å². The molecule has 0 aromatic heterocycles. The zero-order chi connectivity index (χ0) is 17.1. The van der Waals surface area contributed by atoms with Gasteiger partial charge in [0.15, 0.2) is 0 Å². The van der Waals surface area contributed by atoms with E-state index in [1.807, 2.05) is 50.5 Å². The van der Waals surface area contributed by atoms with E-state index in [2.05, 4.69) is 11.5 Å². The maximum atomic E-state index is 6.04. The number of benzene rings is 1. The van der Waals surface area contributed by atoms with Gasteiger partial charge in [-0.25, -0.2) is 0 Å². The molecule has 0 bridgehead atoms. The number of rotatable bonds is 5. The van der Waals surface area contributed by atoms with Gasteiger partial charge in [0.25, 0.3) is 0 Å². The van der Waals surface area contributed by atoms with Crippen LogP contribution < -0.4 is 15.2 Å². The Morgan fingerprint density at radius 2 is 1.74 bits per heavy atom. The lowest BCUT2D eigenvalue weighted by Gasteiger charge is -2.25. The molecule has 0 spiro atoms. The zero-order valence-electron chi connectivity index (χ0n) is 14.5. The molecule has 23 heavy (non-hydrogen) atoms. The van der Waals surface area contributed by atoms with E-state index in [1.165, 1.54) is 0 Å². The van der Waals surface area contributed by atoms with Crippen molar-refractivity contribution in [3.63, 3.8) is 0 Å². The molecule has 0 radical (unpaired) electrons. The quantitative estimate of drug-likeness (QED) is 0.904. The summed E-state index contributed by atoms with van der Waals surface area (Å²) in [5, 5.41) is 0. The van der Waals surface area contributed by atoms with Crippen molar-refractivity contribution in [2.24, 2.45) is 5.73 Å². The SMILES string of the molecule is C=C1C(N)=CC(c2cc(OC)c(CN(C)C)c(OC)c2)=CN1C. The number of methoxy groups -OCH3 is 2. The monoisotopic (exact) mass is 315 g/mol. The van der Waals surface area contributed by atoms with E-state index in [0.29, 0.717) is 5.70 Å². The summed E-state index contributed by atoms with van der Waals surface area (Å²) in [6.45, 7) is 4.69. The summed E-state index contributed by atoms with van der Waals surface area (Å²) < 4.78 is 11.2.